The van der Waals surface area contributed by atoms with Gasteiger partial charge in [-0.25, -0.2) is 4.98 Å². The lowest BCUT2D eigenvalue weighted by Crippen LogP contribution is -1.92. The molecule has 228 valence electrons. The predicted molar refractivity (Wildman–Crippen MR) is 211 cm³/mol. The topological polar surface area (TPSA) is 12.9 Å². The second kappa shape index (κ2) is 11.3. The number of pyridine rings is 1. The van der Waals surface area contributed by atoms with E-state index in [9.17, 15) is 0 Å². The fourth-order valence-electron chi connectivity index (χ4n) is 7.72. The molecule has 0 fully saturated rings. The molecule has 1 nitrogen and oxygen atoms in total. The highest BCUT2D eigenvalue weighted by Gasteiger charge is 2.19. The molecule has 0 N–H and O–H groups in total. The van der Waals surface area contributed by atoms with Gasteiger partial charge in [0.1, 0.15) is 4.83 Å². The number of benzene rings is 8. The highest BCUT2D eigenvalue weighted by atomic mass is 32.1. The quantitative estimate of drug-likeness (QED) is 0.175. The minimum atomic E-state index is 1.03. The summed E-state index contributed by atoms with van der Waals surface area (Å²) in [6, 6.07) is 63.9. The lowest BCUT2D eigenvalue weighted by molar-refractivity contribution is 1.54. The monoisotopic (exact) mass is 639 g/mol. The highest BCUT2D eigenvalue weighted by Crippen LogP contribution is 2.47. The van der Waals surface area contributed by atoms with Gasteiger partial charge in [0.05, 0.1) is 5.52 Å². The molecule has 0 aliphatic carbocycles. The lowest BCUT2D eigenvalue weighted by atomic mass is 9.85. The Hall–Kier alpha value is -6.09. The zero-order chi connectivity index (χ0) is 32.3. The van der Waals surface area contributed by atoms with Crippen molar-refractivity contribution in [2.45, 2.75) is 0 Å². The van der Waals surface area contributed by atoms with Gasteiger partial charge >= 0.3 is 0 Å². The summed E-state index contributed by atoms with van der Waals surface area (Å²) in [6.45, 7) is 0. The van der Waals surface area contributed by atoms with Crippen LogP contribution in [-0.4, -0.2) is 4.98 Å². The van der Waals surface area contributed by atoms with E-state index in [1.54, 1.807) is 11.3 Å². The van der Waals surface area contributed by atoms with Crippen LogP contribution in [0, 0.1) is 0 Å². The maximum atomic E-state index is 5.14. The Morgan fingerprint density at radius 1 is 0.327 bits per heavy atom. The molecule has 0 unspecified atom stereocenters. The molecule has 0 amide bonds. The third-order valence-corrected chi connectivity index (χ3v) is 10.9. The summed E-state index contributed by atoms with van der Waals surface area (Å²) in [6.07, 6.45) is 0. The Morgan fingerprint density at radius 2 is 0.796 bits per heavy atom. The number of thiophene rings is 1. The summed E-state index contributed by atoms with van der Waals surface area (Å²) in [7, 11) is 0. The molecule has 49 heavy (non-hydrogen) atoms. The van der Waals surface area contributed by atoms with Crippen molar-refractivity contribution in [2.24, 2.45) is 0 Å². The van der Waals surface area contributed by atoms with Crippen LogP contribution in [-0.2, 0) is 0 Å². The second-order valence-electron chi connectivity index (χ2n) is 12.6. The average Bonchev–Trinajstić information content (AvgIpc) is 3.54. The number of fused-ring (bicyclic) bond motifs is 6. The Balaban J connectivity index is 1.22. The van der Waals surface area contributed by atoms with E-state index in [4.69, 9.17) is 4.98 Å². The minimum absolute atomic E-state index is 1.03. The molecule has 10 aromatic rings. The fourth-order valence-corrected chi connectivity index (χ4v) is 8.81. The predicted octanol–water partition coefficient (Wildman–Crippen LogP) is 13.6. The van der Waals surface area contributed by atoms with E-state index in [-0.39, 0.29) is 0 Å². The maximum absolute atomic E-state index is 5.14. The first-order valence-corrected chi connectivity index (χ1v) is 17.5. The van der Waals surface area contributed by atoms with Gasteiger partial charge in [0.15, 0.2) is 0 Å². The Bertz CT molecular complexity index is 2810. The first-order chi connectivity index (χ1) is 24.3. The van der Waals surface area contributed by atoms with E-state index >= 15 is 0 Å². The molecule has 0 atom stereocenters. The van der Waals surface area contributed by atoms with Crippen LogP contribution < -0.4 is 0 Å². The maximum Gasteiger partial charge on any atom is 0.125 e. The van der Waals surface area contributed by atoms with Crippen molar-refractivity contribution in [1.29, 1.82) is 0 Å². The Labute approximate surface area is 288 Å². The molecule has 0 aliphatic heterocycles. The first kappa shape index (κ1) is 28.0. The summed E-state index contributed by atoms with van der Waals surface area (Å²) in [5, 5.41) is 8.71. The van der Waals surface area contributed by atoms with E-state index in [1.807, 2.05) is 0 Å². The minimum Gasteiger partial charge on any atom is -0.237 e. The van der Waals surface area contributed by atoms with Crippen LogP contribution >= 0.6 is 11.3 Å². The SMILES string of the molecule is c1ccc(-c2ccc(-c3c4ccccc4c(-c4cccc(-c5c6ccccc6nc6sc7ccccc7c56)c4)c4ccccc34)cc2)cc1. The Kier molecular flexibility index (Phi) is 6.43. The summed E-state index contributed by atoms with van der Waals surface area (Å²) < 4.78 is 1.27. The van der Waals surface area contributed by atoms with Crippen molar-refractivity contribution >= 4 is 64.1 Å². The normalized spacial score (nSPS) is 11.7. The van der Waals surface area contributed by atoms with Crippen molar-refractivity contribution in [3.63, 3.8) is 0 Å². The van der Waals surface area contributed by atoms with Gasteiger partial charge in [-0.1, -0.05) is 158 Å². The molecule has 2 heteroatoms. The number of hydrogen-bond acceptors (Lipinski definition) is 2. The molecular weight excluding hydrogens is 611 g/mol. The van der Waals surface area contributed by atoms with Crippen LogP contribution in [0.25, 0.3) is 97.3 Å². The largest absolute Gasteiger partial charge is 0.237 e. The molecule has 10 rings (SSSR count). The molecule has 0 saturated heterocycles. The Morgan fingerprint density at radius 3 is 1.47 bits per heavy atom. The van der Waals surface area contributed by atoms with Crippen molar-refractivity contribution in [2.75, 3.05) is 0 Å². The number of nitrogens with zero attached hydrogens (tertiary/aromatic N) is 1. The summed E-state index contributed by atoms with van der Waals surface area (Å²) >= 11 is 1.78. The standard InChI is InChI=1S/C47H29NS/c1-2-13-30(14-3-1)31-25-27-32(28-26-31)43-35-17-4-6-19-37(35)44(38-20-7-5-18-36(38)43)33-15-12-16-34(29-33)45-39-21-8-10-23-41(39)48-47-46(45)40-22-9-11-24-42(40)49-47/h1-29H. The van der Waals surface area contributed by atoms with Crippen LogP contribution in [0.5, 0.6) is 0 Å². The van der Waals surface area contributed by atoms with Crippen LogP contribution in [0.1, 0.15) is 0 Å². The van der Waals surface area contributed by atoms with Crippen molar-refractivity contribution in [3.8, 4) is 44.5 Å². The van der Waals surface area contributed by atoms with E-state index in [1.165, 1.54) is 86.9 Å². The van der Waals surface area contributed by atoms with Gasteiger partial charge in [-0.05, 0) is 78.7 Å². The molecule has 2 aromatic heterocycles. The van der Waals surface area contributed by atoms with E-state index in [0.29, 0.717) is 0 Å². The van der Waals surface area contributed by atoms with Crippen LogP contribution in [0.4, 0.5) is 0 Å². The molecule has 0 radical (unpaired) electrons. The highest BCUT2D eigenvalue weighted by molar-refractivity contribution is 7.25. The number of hydrogen-bond donors (Lipinski definition) is 0. The second-order valence-corrected chi connectivity index (χ2v) is 13.7. The molecule has 0 bridgehead atoms. The van der Waals surface area contributed by atoms with Crippen LogP contribution in [0.15, 0.2) is 176 Å². The van der Waals surface area contributed by atoms with Crippen LogP contribution in [0.3, 0.4) is 0 Å². The smallest absolute Gasteiger partial charge is 0.125 e. The van der Waals surface area contributed by atoms with Gasteiger partial charge < -0.3 is 0 Å². The van der Waals surface area contributed by atoms with E-state index < -0.39 is 0 Å². The summed E-state index contributed by atoms with van der Waals surface area (Å²) in [5.74, 6) is 0. The summed E-state index contributed by atoms with van der Waals surface area (Å²) in [4.78, 5) is 6.23. The molecule has 0 spiro atoms. The van der Waals surface area contributed by atoms with Gasteiger partial charge in [-0.2, -0.15) is 0 Å². The average molecular weight is 640 g/mol. The third-order valence-electron chi connectivity index (χ3n) is 9.87. The van der Waals surface area contributed by atoms with Gasteiger partial charge in [-0.15, -0.1) is 11.3 Å². The van der Waals surface area contributed by atoms with E-state index in [0.717, 1.165) is 10.3 Å². The zero-order valence-electron chi connectivity index (χ0n) is 26.6. The number of rotatable bonds is 4. The number of aromatic nitrogens is 1. The molecule has 8 aromatic carbocycles. The molecule has 0 saturated carbocycles. The zero-order valence-corrected chi connectivity index (χ0v) is 27.4. The fraction of sp³-hybridized carbons (Fsp3) is 0. The van der Waals surface area contributed by atoms with Gasteiger partial charge in [-0.3, -0.25) is 0 Å². The molecular formula is C47H29NS. The number of para-hydroxylation sites is 1. The van der Waals surface area contributed by atoms with E-state index in [2.05, 4.69) is 176 Å². The van der Waals surface area contributed by atoms with Crippen molar-refractivity contribution in [3.05, 3.63) is 176 Å². The summed E-state index contributed by atoms with van der Waals surface area (Å²) in [5.41, 5.74) is 10.9. The van der Waals surface area contributed by atoms with Gasteiger partial charge in [0.2, 0.25) is 0 Å². The lowest BCUT2D eigenvalue weighted by Gasteiger charge is -2.18. The molecule has 0 aliphatic rings. The third kappa shape index (κ3) is 4.49. The van der Waals surface area contributed by atoms with Crippen LogP contribution in [0.2, 0.25) is 0 Å². The van der Waals surface area contributed by atoms with Crippen molar-refractivity contribution < 1.29 is 0 Å². The van der Waals surface area contributed by atoms with Gasteiger partial charge in [0, 0.05) is 26.4 Å². The first-order valence-electron chi connectivity index (χ1n) is 16.7. The molecule has 2 heterocycles. The van der Waals surface area contributed by atoms with Gasteiger partial charge in [0.25, 0.3) is 0 Å². The van der Waals surface area contributed by atoms with Crippen molar-refractivity contribution in [1.82, 2.24) is 4.98 Å².